The van der Waals surface area contributed by atoms with Crippen LogP contribution in [-0.2, 0) is 5.75 Å². The number of aromatic carboxylic acids is 1. The average molecular weight is 369 g/mol. The van der Waals surface area contributed by atoms with E-state index < -0.39 is 5.97 Å². The summed E-state index contributed by atoms with van der Waals surface area (Å²) in [5, 5.41) is 22.7. The Morgan fingerprint density at radius 3 is 2.92 bits per heavy atom. The van der Waals surface area contributed by atoms with E-state index in [1.165, 1.54) is 35.2 Å². The number of nitrogens with one attached hydrogen (secondary N) is 1. The van der Waals surface area contributed by atoms with Crippen LogP contribution in [0.15, 0.2) is 50.9 Å². The summed E-state index contributed by atoms with van der Waals surface area (Å²) in [7, 11) is 0. The average Bonchev–Trinajstić information content (AvgIpc) is 3.14. The van der Waals surface area contributed by atoms with Crippen molar-refractivity contribution < 1.29 is 9.90 Å². The fraction of sp³-hybridized carbons (Fsp3) is 0.0588. The number of aromatic nitrogens is 2. The van der Waals surface area contributed by atoms with E-state index in [0.717, 1.165) is 5.56 Å². The molecule has 0 aliphatic carbocycles. The molecule has 124 valence electrons. The van der Waals surface area contributed by atoms with E-state index in [1.54, 1.807) is 12.1 Å². The second-order valence-electron chi connectivity index (χ2n) is 4.98. The highest BCUT2D eigenvalue weighted by Crippen LogP contribution is 2.31. The molecule has 0 bridgehead atoms. The second kappa shape index (κ2) is 7.34. The van der Waals surface area contributed by atoms with Crippen LogP contribution in [0.3, 0.4) is 0 Å². The summed E-state index contributed by atoms with van der Waals surface area (Å²) in [5.41, 5.74) is 2.00. The van der Waals surface area contributed by atoms with Crippen LogP contribution in [0, 0.1) is 11.3 Å². The first-order chi connectivity index (χ1) is 12.1. The summed E-state index contributed by atoms with van der Waals surface area (Å²) >= 11 is 2.73. The van der Waals surface area contributed by atoms with Crippen molar-refractivity contribution in [3.05, 3.63) is 68.4 Å². The second-order valence-corrected chi connectivity index (χ2v) is 6.75. The van der Waals surface area contributed by atoms with Crippen LogP contribution in [0.25, 0.3) is 11.1 Å². The molecule has 0 aliphatic rings. The standard InChI is InChI=1S/C17H11N3O3S2/c18-7-13-12(10-4-5-24-8-10)6-15(21)20-16(13)25-9-11-2-1-3-14(19-11)17(22)23/h1-6,8H,9H2,(H,20,21)(H,22,23). The Hall–Kier alpha value is -2.89. The number of pyridine rings is 2. The van der Waals surface area contributed by atoms with Crippen LogP contribution in [0.1, 0.15) is 21.7 Å². The van der Waals surface area contributed by atoms with Gasteiger partial charge >= 0.3 is 5.97 Å². The number of hydrogen-bond acceptors (Lipinski definition) is 6. The van der Waals surface area contributed by atoms with Crippen LogP contribution in [0.2, 0.25) is 0 Å². The highest BCUT2D eigenvalue weighted by molar-refractivity contribution is 7.98. The van der Waals surface area contributed by atoms with Crippen LogP contribution in [-0.4, -0.2) is 21.0 Å². The third kappa shape index (κ3) is 3.79. The molecule has 8 heteroatoms. The maximum Gasteiger partial charge on any atom is 0.354 e. The highest BCUT2D eigenvalue weighted by atomic mass is 32.2. The molecule has 0 spiro atoms. The quantitative estimate of drug-likeness (QED) is 0.668. The summed E-state index contributed by atoms with van der Waals surface area (Å²) in [6.45, 7) is 0. The van der Waals surface area contributed by atoms with Crippen molar-refractivity contribution in [3.8, 4) is 17.2 Å². The number of rotatable bonds is 5. The molecule has 3 rings (SSSR count). The zero-order valence-corrected chi connectivity index (χ0v) is 14.4. The summed E-state index contributed by atoms with van der Waals surface area (Å²) in [4.78, 5) is 29.7. The molecule has 0 amide bonds. The van der Waals surface area contributed by atoms with Crippen molar-refractivity contribution in [2.45, 2.75) is 10.8 Å². The first kappa shape index (κ1) is 17.0. The third-order valence-electron chi connectivity index (χ3n) is 3.34. The zero-order chi connectivity index (χ0) is 17.8. The first-order valence-electron chi connectivity index (χ1n) is 7.10. The predicted molar refractivity (Wildman–Crippen MR) is 95.8 cm³/mol. The van der Waals surface area contributed by atoms with Crippen molar-refractivity contribution >= 4 is 29.1 Å². The lowest BCUT2D eigenvalue weighted by molar-refractivity contribution is 0.0690. The van der Waals surface area contributed by atoms with Gasteiger partial charge in [0, 0.05) is 17.4 Å². The molecule has 3 aromatic rings. The Morgan fingerprint density at radius 1 is 1.40 bits per heavy atom. The number of thiophene rings is 1. The highest BCUT2D eigenvalue weighted by Gasteiger charge is 2.14. The minimum Gasteiger partial charge on any atom is -0.477 e. The van der Waals surface area contributed by atoms with Gasteiger partial charge in [0.05, 0.1) is 16.3 Å². The number of carboxylic acids is 1. The normalized spacial score (nSPS) is 10.4. The number of carboxylic acid groups (broad SMARTS) is 1. The van der Waals surface area contributed by atoms with Crippen LogP contribution < -0.4 is 5.56 Å². The molecule has 3 heterocycles. The minimum absolute atomic E-state index is 0.0425. The number of aromatic amines is 1. The summed E-state index contributed by atoms with van der Waals surface area (Å²) in [6.07, 6.45) is 0. The minimum atomic E-state index is -1.10. The van der Waals surface area contributed by atoms with Gasteiger partial charge in [0.15, 0.2) is 0 Å². The number of thioether (sulfide) groups is 1. The van der Waals surface area contributed by atoms with Gasteiger partial charge < -0.3 is 10.1 Å². The van der Waals surface area contributed by atoms with Gasteiger partial charge in [-0.2, -0.15) is 16.6 Å². The van der Waals surface area contributed by atoms with Crippen molar-refractivity contribution in [3.63, 3.8) is 0 Å². The molecule has 0 radical (unpaired) electrons. The maximum absolute atomic E-state index is 12.0. The number of nitrogens with zero attached hydrogens (tertiary/aromatic N) is 2. The van der Waals surface area contributed by atoms with Gasteiger partial charge in [-0.3, -0.25) is 4.79 Å². The van der Waals surface area contributed by atoms with Crippen molar-refractivity contribution in [2.24, 2.45) is 0 Å². The molecular formula is C17H11N3O3S2. The summed E-state index contributed by atoms with van der Waals surface area (Å²) in [5.74, 6) is -0.767. The molecule has 2 N–H and O–H groups in total. The smallest absolute Gasteiger partial charge is 0.354 e. The fourth-order valence-electron chi connectivity index (χ4n) is 2.23. The van der Waals surface area contributed by atoms with Gasteiger partial charge in [0.2, 0.25) is 5.56 Å². The number of H-pyrrole nitrogens is 1. The maximum atomic E-state index is 12.0. The number of nitriles is 1. The molecule has 3 aromatic heterocycles. The van der Waals surface area contributed by atoms with E-state index in [-0.39, 0.29) is 11.3 Å². The van der Waals surface area contributed by atoms with E-state index >= 15 is 0 Å². The Balaban J connectivity index is 1.93. The SMILES string of the molecule is N#Cc1c(-c2ccsc2)cc(=O)[nH]c1SCc1cccc(C(=O)O)n1. The Morgan fingerprint density at radius 2 is 2.24 bits per heavy atom. The number of carbonyl (C=O) groups is 1. The molecule has 0 atom stereocenters. The molecule has 6 nitrogen and oxygen atoms in total. The van der Waals surface area contributed by atoms with Gasteiger partial charge in [-0.25, -0.2) is 9.78 Å². The van der Waals surface area contributed by atoms with Crippen LogP contribution in [0.4, 0.5) is 0 Å². The lowest BCUT2D eigenvalue weighted by Crippen LogP contribution is -2.08. The Labute approximate surface area is 150 Å². The Bertz CT molecular complexity index is 1020. The molecule has 0 unspecified atom stereocenters. The van der Waals surface area contributed by atoms with Gasteiger partial charge in [-0.05, 0) is 34.5 Å². The van der Waals surface area contributed by atoms with E-state index in [0.29, 0.717) is 27.6 Å². The van der Waals surface area contributed by atoms with Gasteiger partial charge in [0.1, 0.15) is 11.8 Å². The molecule has 0 aliphatic heterocycles. The van der Waals surface area contributed by atoms with Crippen LogP contribution >= 0.6 is 23.1 Å². The van der Waals surface area contributed by atoms with Gasteiger partial charge in [-0.1, -0.05) is 6.07 Å². The Kier molecular flexibility index (Phi) is 4.97. The van der Waals surface area contributed by atoms with Crippen LogP contribution in [0.5, 0.6) is 0 Å². The van der Waals surface area contributed by atoms with E-state index in [9.17, 15) is 14.9 Å². The molecule has 25 heavy (non-hydrogen) atoms. The first-order valence-corrected chi connectivity index (χ1v) is 9.03. The van der Waals surface area contributed by atoms with Gasteiger partial charge in [0.25, 0.3) is 0 Å². The van der Waals surface area contributed by atoms with Crippen molar-refractivity contribution in [1.29, 1.82) is 5.26 Å². The lowest BCUT2D eigenvalue weighted by atomic mass is 10.1. The van der Waals surface area contributed by atoms with Gasteiger partial charge in [-0.15, -0.1) is 11.8 Å². The molecule has 0 fully saturated rings. The predicted octanol–water partition coefficient (Wildman–Crippen LogP) is 3.36. The monoisotopic (exact) mass is 369 g/mol. The zero-order valence-electron chi connectivity index (χ0n) is 12.7. The van der Waals surface area contributed by atoms with E-state index in [4.69, 9.17) is 5.11 Å². The third-order valence-corrected chi connectivity index (χ3v) is 5.06. The number of hydrogen-bond donors (Lipinski definition) is 2. The van der Waals surface area contributed by atoms with Crippen molar-refractivity contribution in [2.75, 3.05) is 0 Å². The molecular weight excluding hydrogens is 358 g/mol. The van der Waals surface area contributed by atoms with E-state index in [2.05, 4.69) is 16.0 Å². The summed E-state index contributed by atoms with van der Waals surface area (Å²) in [6, 6.07) is 10.1. The van der Waals surface area contributed by atoms with E-state index in [1.807, 2.05) is 16.8 Å². The molecule has 0 saturated carbocycles. The molecule has 0 saturated heterocycles. The summed E-state index contributed by atoms with van der Waals surface area (Å²) < 4.78 is 0. The lowest BCUT2D eigenvalue weighted by Gasteiger charge is -2.08. The largest absolute Gasteiger partial charge is 0.477 e. The molecule has 0 aromatic carbocycles. The topological polar surface area (TPSA) is 107 Å². The fourth-order valence-corrected chi connectivity index (χ4v) is 3.81. The van der Waals surface area contributed by atoms with Crippen molar-refractivity contribution in [1.82, 2.24) is 9.97 Å².